The van der Waals surface area contributed by atoms with E-state index in [1.54, 1.807) is 6.07 Å². The minimum absolute atomic E-state index is 0.0256. The molecule has 114 valence electrons. The molecule has 1 fully saturated rings. The highest BCUT2D eigenvalue weighted by molar-refractivity contribution is 5.56. The SMILES string of the molecule is CC1CCCC(C)C1Nc1ccc(C#N)cc1C(F)(F)F. The summed E-state index contributed by atoms with van der Waals surface area (Å²) in [6.45, 7) is 4.15. The normalized spacial score (nSPS) is 26.2. The van der Waals surface area contributed by atoms with Gasteiger partial charge in [-0.25, -0.2) is 0 Å². The first kappa shape index (κ1) is 15.7. The van der Waals surface area contributed by atoms with Gasteiger partial charge in [-0.2, -0.15) is 18.4 Å². The molecule has 1 aromatic carbocycles. The minimum atomic E-state index is -4.46. The number of nitrogens with zero attached hydrogens (tertiary/aromatic N) is 1. The van der Waals surface area contributed by atoms with Crippen LogP contribution < -0.4 is 5.32 Å². The zero-order valence-corrected chi connectivity index (χ0v) is 12.2. The largest absolute Gasteiger partial charge is 0.418 e. The Morgan fingerprint density at radius 2 is 1.81 bits per heavy atom. The molecule has 0 amide bonds. The first-order valence-electron chi connectivity index (χ1n) is 7.21. The predicted octanol–water partition coefficient (Wildman–Crippen LogP) is 4.81. The van der Waals surface area contributed by atoms with Crippen LogP contribution in [0.15, 0.2) is 18.2 Å². The Morgan fingerprint density at radius 1 is 1.19 bits per heavy atom. The Hall–Kier alpha value is -1.70. The van der Waals surface area contributed by atoms with Crippen molar-refractivity contribution in [2.24, 2.45) is 11.8 Å². The lowest BCUT2D eigenvalue weighted by Gasteiger charge is -2.36. The molecule has 1 N–H and O–H groups in total. The monoisotopic (exact) mass is 296 g/mol. The van der Waals surface area contributed by atoms with Crippen LogP contribution >= 0.6 is 0 Å². The molecule has 2 nitrogen and oxygen atoms in total. The summed E-state index contributed by atoms with van der Waals surface area (Å²) in [6.07, 6.45) is -1.28. The van der Waals surface area contributed by atoms with Gasteiger partial charge in [0.15, 0.2) is 0 Å². The topological polar surface area (TPSA) is 35.8 Å². The van der Waals surface area contributed by atoms with E-state index < -0.39 is 11.7 Å². The van der Waals surface area contributed by atoms with Gasteiger partial charge in [-0.05, 0) is 42.9 Å². The Labute approximate surface area is 123 Å². The first-order valence-corrected chi connectivity index (χ1v) is 7.21. The molecule has 0 spiro atoms. The molecule has 0 heterocycles. The van der Waals surface area contributed by atoms with Crippen molar-refractivity contribution in [3.05, 3.63) is 29.3 Å². The summed E-state index contributed by atoms with van der Waals surface area (Å²) in [5, 5.41) is 11.9. The minimum Gasteiger partial charge on any atom is -0.381 e. The Kier molecular flexibility index (Phi) is 4.46. The number of halogens is 3. The molecule has 21 heavy (non-hydrogen) atoms. The second-order valence-electron chi connectivity index (χ2n) is 5.93. The van der Waals surface area contributed by atoms with Crippen molar-refractivity contribution in [3.8, 4) is 6.07 Å². The predicted molar refractivity (Wildman–Crippen MR) is 75.7 cm³/mol. The van der Waals surface area contributed by atoms with Gasteiger partial charge in [0.2, 0.25) is 0 Å². The molecular formula is C16H19F3N2. The van der Waals surface area contributed by atoms with E-state index in [9.17, 15) is 13.2 Å². The molecule has 1 saturated carbocycles. The average molecular weight is 296 g/mol. The lowest BCUT2D eigenvalue weighted by Crippen LogP contribution is -2.37. The number of anilines is 1. The quantitative estimate of drug-likeness (QED) is 0.849. The fourth-order valence-corrected chi connectivity index (χ4v) is 3.12. The van der Waals surface area contributed by atoms with Crippen LogP contribution in [0.3, 0.4) is 0 Å². The first-order chi connectivity index (χ1) is 9.82. The van der Waals surface area contributed by atoms with E-state index in [1.165, 1.54) is 12.1 Å². The number of nitriles is 1. The van der Waals surface area contributed by atoms with Crippen LogP contribution in [-0.4, -0.2) is 6.04 Å². The van der Waals surface area contributed by atoms with Gasteiger partial charge in [-0.1, -0.05) is 20.3 Å². The van der Waals surface area contributed by atoms with Gasteiger partial charge < -0.3 is 5.32 Å². The summed E-state index contributed by atoms with van der Waals surface area (Å²) in [5.41, 5.74) is -0.656. The molecule has 5 heteroatoms. The van der Waals surface area contributed by atoms with E-state index in [0.29, 0.717) is 11.8 Å². The zero-order chi connectivity index (χ0) is 15.6. The standard InChI is InChI=1S/C16H19F3N2/c1-10-4-3-5-11(2)15(10)21-14-7-6-12(9-20)8-13(14)16(17,18)19/h6-8,10-11,15,21H,3-5H2,1-2H3. The molecule has 0 bridgehead atoms. The van der Waals surface area contributed by atoms with Gasteiger partial charge in [0, 0.05) is 11.7 Å². The third-order valence-corrected chi connectivity index (χ3v) is 4.32. The van der Waals surface area contributed by atoms with Crippen molar-refractivity contribution < 1.29 is 13.2 Å². The van der Waals surface area contributed by atoms with Gasteiger partial charge in [-0.3, -0.25) is 0 Å². The molecule has 0 radical (unpaired) electrons. The summed E-state index contributed by atoms with van der Waals surface area (Å²) in [7, 11) is 0. The van der Waals surface area contributed by atoms with E-state index in [4.69, 9.17) is 5.26 Å². The lowest BCUT2D eigenvalue weighted by molar-refractivity contribution is -0.137. The van der Waals surface area contributed by atoms with E-state index in [1.807, 2.05) is 0 Å². The van der Waals surface area contributed by atoms with Crippen molar-refractivity contribution in [2.45, 2.75) is 45.3 Å². The molecule has 0 saturated heterocycles. The number of hydrogen-bond donors (Lipinski definition) is 1. The van der Waals surface area contributed by atoms with Crippen LogP contribution in [0.25, 0.3) is 0 Å². The van der Waals surface area contributed by atoms with Gasteiger partial charge in [0.05, 0.1) is 17.2 Å². The van der Waals surface area contributed by atoms with E-state index in [0.717, 1.165) is 25.3 Å². The highest BCUT2D eigenvalue weighted by Crippen LogP contribution is 2.38. The molecule has 0 aromatic heterocycles. The summed E-state index contributed by atoms with van der Waals surface area (Å²) in [6, 6.07) is 5.51. The zero-order valence-electron chi connectivity index (χ0n) is 12.2. The molecule has 2 atom stereocenters. The van der Waals surface area contributed by atoms with Gasteiger partial charge >= 0.3 is 6.18 Å². The second-order valence-corrected chi connectivity index (χ2v) is 5.93. The third kappa shape index (κ3) is 3.49. The molecule has 2 unspecified atom stereocenters. The molecule has 0 aliphatic heterocycles. The number of alkyl halides is 3. The van der Waals surface area contributed by atoms with Crippen LogP contribution in [0, 0.1) is 23.2 Å². The second kappa shape index (κ2) is 5.97. The number of rotatable bonds is 2. The summed E-state index contributed by atoms with van der Waals surface area (Å²) in [5.74, 6) is 0.677. The van der Waals surface area contributed by atoms with Crippen molar-refractivity contribution in [1.29, 1.82) is 5.26 Å². The van der Waals surface area contributed by atoms with Gasteiger partial charge in [-0.15, -0.1) is 0 Å². The summed E-state index contributed by atoms with van der Waals surface area (Å²) >= 11 is 0. The smallest absolute Gasteiger partial charge is 0.381 e. The van der Waals surface area contributed by atoms with Crippen LogP contribution in [0.1, 0.15) is 44.2 Å². The van der Waals surface area contributed by atoms with Crippen LogP contribution in [0.4, 0.5) is 18.9 Å². The molecular weight excluding hydrogens is 277 g/mol. The number of hydrogen-bond acceptors (Lipinski definition) is 2. The molecule has 1 aromatic rings. The van der Waals surface area contributed by atoms with E-state index >= 15 is 0 Å². The fraction of sp³-hybridized carbons (Fsp3) is 0.562. The highest BCUT2D eigenvalue weighted by atomic mass is 19.4. The fourth-order valence-electron chi connectivity index (χ4n) is 3.12. The maximum atomic E-state index is 13.2. The van der Waals surface area contributed by atoms with Crippen molar-refractivity contribution in [2.75, 3.05) is 5.32 Å². The van der Waals surface area contributed by atoms with Crippen LogP contribution in [0.2, 0.25) is 0 Å². The average Bonchev–Trinajstić information content (AvgIpc) is 2.42. The molecule has 1 aliphatic rings. The summed E-state index contributed by atoms with van der Waals surface area (Å²) in [4.78, 5) is 0. The lowest BCUT2D eigenvalue weighted by atomic mass is 9.78. The van der Waals surface area contributed by atoms with Crippen LogP contribution in [0.5, 0.6) is 0 Å². The highest BCUT2D eigenvalue weighted by Gasteiger charge is 2.36. The van der Waals surface area contributed by atoms with Crippen molar-refractivity contribution >= 4 is 5.69 Å². The van der Waals surface area contributed by atoms with Gasteiger partial charge in [0.1, 0.15) is 0 Å². The van der Waals surface area contributed by atoms with Crippen molar-refractivity contribution in [3.63, 3.8) is 0 Å². The number of nitrogens with one attached hydrogen (secondary N) is 1. The third-order valence-electron chi connectivity index (χ3n) is 4.32. The Balaban J connectivity index is 2.33. The maximum Gasteiger partial charge on any atom is 0.418 e. The Bertz CT molecular complexity index is 535. The number of benzene rings is 1. The van der Waals surface area contributed by atoms with Crippen molar-refractivity contribution in [1.82, 2.24) is 0 Å². The van der Waals surface area contributed by atoms with E-state index in [2.05, 4.69) is 19.2 Å². The summed E-state index contributed by atoms with van der Waals surface area (Å²) < 4.78 is 39.5. The van der Waals surface area contributed by atoms with Gasteiger partial charge in [0.25, 0.3) is 0 Å². The Morgan fingerprint density at radius 3 is 2.33 bits per heavy atom. The molecule has 1 aliphatic carbocycles. The van der Waals surface area contributed by atoms with Crippen LogP contribution in [-0.2, 0) is 6.18 Å². The maximum absolute atomic E-state index is 13.2. The van der Waals surface area contributed by atoms with E-state index in [-0.39, 0.29) is 17.3 Å². The molecule has 2 rings (SSSR count).